The molecule has 2 atom stereocenters. The molecule has 20 heavy (non-hydrogen) atoms. The zero-order chi connectivity index (χ0) is 13.9. The quantitative estimate of drug-likeness (QED) is 0.859. The lowest BCUT2D eigenvalue weighted by Crippen LogP contribution is -2.52. The summed E-state index contributed by atoms with van der Waals surface area (Å²) in [5, 5.41) is 6.65. The molecule has 3 rings (SSSR count). The molecular weight excluding hydrogens is 254 g/mol. The Morgan fingerprint density at radius 3 is 2.95 bits per heavy atom. The number of benzene rings is 1. The standard InChI is InChI=1S/C15H21N3O2/c1-20-11-5-4-8-18(10-11)15(19)14-9-16-12-6-2-3-7-13(12)17-14/h2-3,6-7,11,14,16-17H,4-5,8-10H2,1H3. The Morgan fingerprint density at radius 1 is 1.35 bits per heavy atom. The second-order valence-corrected chi connectivity index (χ2v) is 5.41. The highest BCUT2D eigenvalue weighted by molar-refractivity contribution is 5.88. The Labute approximate surface area is 119 Å². The fourth-order valence-corrected chi connectivity index (χ4v) is 2.91. The van der Waals surface area contributed by atoms with Crippen molar-refractivity contribution in [3.63, 3.8) is 0 Å². The summed E-state index contributed by atoms with van der Waals surface area (Å²) in [6.45, 7) is 2.16. The third kappa shape index (κ3) is 2.58. The van der Waals surface area contributed by atoms with E-state index in [1.165, 1.54) is 0 Å². The number of carbonyl (C=O) groups excluding carboxylic acids is 1. The van der Waals surface area contributed by atoms with Gasteiger partial charge in [-0.05, 0) is 25.0 Å². The maximum Gasteiger partial charge on any atom is 0.246 e. The van der Waals surface area contributed by atoms with Gasteiger partial charge in [0.25, 0.3) is 0 Å². The molecule has 1 saturated heterocycles. The second-order valence-electron chi connectivity index (χ2n) is 5.41. The zero-order valence-corrected chi connectivity index (χ0v) is 11.8. The molecule has 2 heterocycles. The van der Waals surface area contributed by atoms with Crippen LogP contribution in [0.4, 0.5) is 11.4 Å². The third-order valence-corrected chi connectivity index (χ3v) is 4.07. The SMILES string of the molecule is COC1CCCN(C(=O)C2CNc3ccccc3N2)C1. The molecule has 0 aliphatic carbocycles. The van der Waals surface area contributed by atoms with Crippen molar-refractivity contribution >= 4 is 17.3 Å². The van der Waals surface area contributed by atoms with Crippen LogP contribution in [0.1, 0.15) is 12.8 Å². The molecule has 0 radical (unpaired) electrons. The van der Waals surface area contributed by atoms with Gasteiger partial charge < -0.3 is 20.3 Å². The largest absolute Gasteiger partial charge is 0.381 e. The van der Waals surface area contributed by atoms with Gasteiger partial charge in [0.2, 0.25) is 5.91 Å². The van der Waals surface area contributed by atoms with Gasteiger partial charge in [-0.15, -0.1) is 0 Å². The van der Waals surface area contributed by atoms with E-state index in [2.05, 4.69) is 10.6 Å². The minimum atomic E-state index is -0.194. The van der Waals surface area contributed by atoms with Gasteiger partial charge in [0, 0.05) is 26.7 Å². The normalized spacial score (nSPS) is 25.4. The number of para-hydroxylation sites is 2. The summed E-state index contributed by atoms with van der Waals surface area (Å²) < 4.78 is 5.39. The number of nitrogens with zero attached hydrogens (tertiary/aromatic N) is 1. The van der Waals surface area contributed by atoms with Crippen molar-refractivity contribution in [2.75, 3.05) is 37.4 Å². The molecule has 1 amide bonds. The maximum atomic E-state index is 12.6. The molecular formula is C15H21N3O2. The molecule has 2 aliphatic rings. The van der Waals surface area contributed by atoms with Crippen LogP contribution in [-0.4, -0.2) is 49.7 Å². The number of carbonyl (C=O) groups is 1. The van der Waals surface area contributed by atoms with Crippen LogP contribution in [-0.2, 0) is 9.53 Å². The number of methoxy groups -OCH3 is 1. The van der Waals surface area contributed by atoms with Crippen molar-refractivity contribution in [3.8, 4) is 0 Å². The van der Waals surface area contributed by atoms with Crippen molar-refractivity contribution in [1.29, 1.82) is 0 Å². The number of hydrogen-bond acceptors (Lipinski definition) is 4. The Balaban J connectivity index is 1.67. The molecule has 108 valence electrons. The van der Waals surface area contributed by atoms with Gasteiger partial charge in [0.05, 0.1) is 17.5 Å². The lowest BCUT2D eigenvalue weighted by molar-refractivity contribution is -0.135. The van der Waals surface area contributed by atoms with Crippen molar-refractivity contribution in [3.05, 3.63) is 24.3 Å². The van der Waals surface area contributed by atoms with Gasteiger partial charge in [-0.2, -0.15) is 0 Å². The van der Waals surface area contributed by atoms with Crippen LogP contribution >= 0.6 is 0 Å². The summed E-state index contributed by atoms with van der Waals surface area (Å²) in [7, 11) is 1.72. The number of hydrogen-bond donors (Lipinski definition) is 2. The van der Waals surface area contributed by atoms with Gasteiger partial charge in [0.15, 0.2) is 0 Å². The number of rotatable bonds is 2. The molecule has 0 aromatic heterocycles. The Hall–Kier alpha value is -1.75. The van der Waals surface area contributed by atoms with Crippen LogP contribution in [0.2, 0.25) is 0 Å². The highest BCUT2D eigenvalue weighted by atomic mass is 16.5. The smallest absolute Gasteiger partial charge is 0.246 e. The predicted molar refractivity (Wildman–Crippen MR) is 79.0 cm³/mol. The van der Waals surface area contributed by atoms with E-state index in [0.717, 1.165) is 30.8 Å². The van der Waals surface area contributed by atoms with E-state index < -0.39 is 0 Å². The number of fused-ring (bicyclic) bond motifs is 1. The molecule has 5 heteroatoms. The maximum absolute atomic E-state index is 12.6. The van der Waals surface area contributed by atoms with E-state index in [0.29, 0.717) is 13.1 Å². The van der Waals surface area contributed by atoms with Crippen LogP contribution in [0.3, 0.4) is 0 Å². The molecule has 0 saturated carbocycles. The lowest BCUT2D eigenvalue weighted by atomic mass is 10.1. The van der Waals surface area contributed by atoms with Crippen LogP contribution in [0.5, 0.6) is 0 Å². The number of piperidine rings is 1. The first-order valence-electron chi connectivity index (χ1n) is 7.19. The van der Waals surface area contributed by atoms with Crippen LogP contribution in [0.15, 0.2) is 24.3 Å². The first kappa shape index (κ1) is 13.2. The van der Waals surface area contributed by atoms with E-state index in [1.54, 1.807) is 7.11 Å². The molecule has 5 nitrogen and oxygen atoms in total. The number of anilines is 2. The van der Waals surface area contributed by atoms with E-state index in [1.807, 2.05) is 29.2 Å². The fraction of sp³-hybridized carbons (Fsp3) is 0.533. The van der Waals surface area contributed by atoms with Crippen molar-refractivity contribution in [1.82, 2.24) is 4.90 Å². The molecule has 0 spiro atoms. The van der Waals surface area contributed by atoms with Crippen molar-refractivity contribution < 1.29 is 9.53 Å². The third-order valence-electron chi connectivity index (χ3n) is 4.07. The van der Waals surface area contributed by atoms with Crippen molar-refractivity contribution in [2.45, 2.75) is 25.0 Å². The fourth-order valence-electron chi connectivity index (χ4n) is 2.91. The van der Waals surface area contributed by atoms with E-state index in [4.69, 9.17) is 4.74 Å². The van der Waals surface area contributed by atoms with E-state index >= 15 is 0 Å². The van der Waals surface area contributed by atoms with Crippen LogP contribution in [0.25, 0.3) is 0 Å². The van der Waals surface area contributed by atoms with E-state index in [9.17, 15) is 4.79 Å². The molecule has 2 aliphatic heterocycles. The molecule has 1 aromatic carbocycles. The lowest BCUT2D eigenvalue weighted by Gasteiger charge is -2.36. The molecule has 2 N–H and O–H groups in total. The van der Waals surface area contributed by atoms with Gasteiger partial charge in [-0.3, -0.25) is 4.79 Å². The summed E-state index contributed by atoms with van der Waals surface area (Å²) in [6, 6.07) is 7.78. The summed E-state index contributed by atoms with van der Waals surface area (Å²) in [5.74, 6) is 0.161. The van der Waals surface area contributed by atoms with Crippen LogP contribution < -0.4 is 10.6 Å². The van der Waals surface area contributed by atoms with Gasteiger partial charge in [0.1, 0.15) is 6.04 Å². The highest BCUT2D eigenvalue weighted by Crippen LogP contribution is 2.26. The average Bonchev–Trinajstić information content (AvgIpc) is 2.53. The molecule has 0 bridgehead atoms. The minimum absolute atomic E-state index is 0.161. The average molecular weight is 275 g/mol. The summed E-state index contributed by atoms with van der Waals surface area (Å²) in [5.41, 5.74) is 2.06. The highest BCUT2D eigenvalue weighted by Gasteiger charge is 2.30. The molecule has 1 fully saturated rings. The van der Waals surface area contributed by atoms with Gasteiger partial charge >= 0.3 is 0 Å². The summed E-state index contributed by atoms with van der Waals surface area (Å²) in [4.78, 5) is 14.5. The Kier molecular flexibility index (Phi) is 3.78. The number of nitrogens with one attached hydrogen (secondary N) is 2. The van der Waals surface area contributed by atoms with Gasteiger partial charge in [-0.1, -0.05) is 12.1 Å². The summed E-state index contributed by atoms with van der Waals surface area (Å²) in [6.07, 6.45) is 2.23. The van der Waals surface area contributed by atoms with Gasteiger partial charge in [-0.25, -0.2) is 0 Å². The number of ether oxygens (including phenoxy) is 1. The minimum Gasteiger partial charge on any atom is -0.381 e. The first-order chi connectivity index (χ1) is 9.78. The van der Waals surface area contributed by atoms with E-state index in [-0.39, 0.29) is 18.1 Å². The van der Waals surface area contributed by atoms with Crippen molar-refractivity contribution in [2.24, 2.45) is 0 Å². The number of likely N-dealkylation sites (tertiary alicyclic amines) is 1. The Bertz CT molecular complexity index is 492. The monoisotopic (exact) mass is 275 g/mol. The zero-order valence-electron chi connectivity index (χ0n) is 11.8. The van der Waals surface area contributed by atoms with Crippen LogP contribution in [0, 0.1) is 0 Å². The molecule has 1 aromatic rings. The topological polar surface area (TPSA) is 53.6 Å². The Morgan fingerprint density at radius 2 is 2.15 bits per heavy atom. The predicted octanol–water partition coefficient (Wildman–Crippen LogP) is 1.53. The number of amides is 1. The first-order valence-corrected chi connectivity index (χ1v) is 7.19. The summed E-state index contributed by atoms with van der Waals surface area (Å²) >= 11 is 0. The second kappa shape index (κ2) is 5.71. The molecule has 2 unspecified atom stereocenters.